The van der Waals surface area contributed by atoms with E-state index in [0.717, 1.165) is 21.7 Å². The summed E-state index contributed by atoms with van der Waals surface area (Å²) in [4.78, 5) is 12.7. The Morgan fingerprint density at radius 1 is 1.15 bits per heavy atom. The molecule has 2 rings (SSSR count). The number of halogens is 1. The summed E-state index contributed by atoms with van der Waals surface area (Å²) in [5, 5.41) is 3.04. The molecule has 0 saturated heterocycles. The van der Waals surface area contributed by atoms with Gasteiger partial charge >= 0.3 is 0 Å². The molecule has 0 heterocycles. The average Bonchev–Trinajstić information content (AvgIpc) is 2.57. The van der Waals surface area contributed by atoms with Crippen LogP contribution in [0.4, 0.5) is 11.4 Å². The third-order valence-electron chi connectivity index (χ3n) is 4.25. The van der Waals surface area contributed by atoms with Gasteiger partial charge in [-0.25, -0.2) is 8.42 Å². The molecule has 2 aromatic carbocycles. The molecule has 0 fully saturated rings. The standard InChI is InChI=1S/C19H23ClN2O4S/c1-12-6-8-16(10-13(12)2)22(27(5,24)25)14(3)19(23)21-15-7-9-18(26-4)17(20)11-15/h6-11,14H,1-5H3,(H,21,23). The van der Waals surface area contributed by atoms with Crippen LogP contribution in [-0.2, 0) is 14.8 Å². The molecule has 1 amide bonds. The van der Waals surface area contributed by atoms with E-state index in [1.165, 1.54) is 14.0 Å². The molecule has 0 aliphatic carbocycles. The van der Waals surface area contributed by atoms with E-state index in [1.807, 2.05) is 19.9 Å². The molecule has 0 radical (unpaired) electrons. The maximum absolute atomic E-state index is 12.7. The monoisotopic (exact) mass is 410 g/mol. The molecule has 0 bridgehead atoms. The lowest BCUT2D eigenvalue weighted by molar-refractivity contribution is -0.116. The number of hydrogen-bond donors (Lipinski definition) is 1. The Morgan fingerprint density at radius 2 is 1.81 bits per heavy atom. The lowest BCUT2D eigenvalue weighted by Crippen LogP contribution is -2.45. The largest absolute Gasteiger partial charge is 0.495 e. The van der Waals surface area contributed by atoms with Gasteiger partial charge < -0.3 is 10.1 Å². The fraction of sp³-hybridized carbons (Fsp3) is 0.316. The first-order valence-electron chi connectivity index (χ1n) is 8.25. The van der Waals surface area contributed by atoms with Crippen LogP contribution in [0.25, 0.3) is 0 Å². The molecule has 6 nitrogen and oxygen atoms in total. The fourth-order valence-corrected chi connectivity index (χ4v) is 4.09. The van der Waals surface area contributed by atoms with Crippen LogP contribution in [-0.4, -0.2) is 33.7 Å². The SMILES string of the molecule is COc1ccc(NC(=O)C(C)N(c2ccc(C)c(C)c2)S(C)(=O)=O)cc1Cl. The average molecular weight is 411 g/mol. The Bertz CT molecular complexity index is 960. The number of aryl methyl sites for hydroxylation is 2. The highest BCUT2D eigenvalue weighted by Gasteiger charge is 2.29. The first-order chi connectivity index (χ1) is 12.5. The first-order valence-corrected chi connectivity index (χ1v) is 10.5. The number of sulfonamides is 1. The highest BCUT2D eigenvalue weighted by molar-refractivity contribution is 7.92. The van der Waals surface area contributed by atoms with Crippen molar-refractivity contribution in [2.45, 2.75) is 26.8 Å². The Morgan fingerprint density at radius 3 is 2.33 bits per heavy atom. The number of anilines is 2. The molecule has 1 N–H and O–H groups in total. The van der Waals surface area contributed by atoms with Gasteiger partial charge in [-0.3, -0.25) is 9.10 Å². The van der Waals surface area contributed by atoms with Crippen LogP contribution in [0.1, 0.15) is 18.1 Å². The number of rotatable bonds is 6. The minimum atomic E-state index is -3.68. The van der Waals surface area contributed by atoms with Crippen LogP contribution in [0.15, 0.2) is 36.4 Å². The third-order valence-corrected chi connectivity index (χ3v) is 5.79. The summed E-state index contributed by atoms with van der Waals surface area (Å²) in [5.74, 6) is 0.00972. The summed E-state index contributed by atoms with van der Waals surface area (Å²) in [6, 6.07) is 9.13. The predicted molar refractivity (Wildman–Crippen MR) is 109 cm³/mol. The number of methoxy groups -OCH3 is 1. The van der Waals surface area contributed by atoms with E-state index in [-0.39, 0.29) is 0 Å². The Kier molecular flexibility index (Phi) is 6.38. The number of carbonyl (C=O) groups excluding carboxylic acids is 1. The zero-order chi connectivity index (χ0) is 20.4. The van der Waals surface area contributed by atoms with Gasteiger partial charge in [0.05, 0.1) is 24.1 Å². The number of hydrogen-bond acceptors (Lipinski definition) is 4. The Labute approximate surface area is 165 Å². The maximum atomic E-state index is 12.7. The third kappa shape index (κ3) is 4.93. The van der Waals surface area contributed by atoms with Gasteiger partial charge in [0, 0.05) is 5.69 Å². The Balaban J connectivity index is 2.32. The molecule has 146 valence electrons. The normalized spacial score (nSPS) is 12.4. The zero-order valence-corrected chi connectivity index (χ0v) is 17.5. The minimum Gasteiger partial charge on any atom is -0.495 e. The van der Waals surface area contributed by atoms with E-state index >= 15 is 0 Å². The number of carbonyl (C=O) groups is 1. The van der Waals surface area contributed by atoms with Crippen LogP contribution in [0.5, 0.6) is 5.75 Å². The Hall–Kier alpha value is -2.25. The molecule has 1 unspecified atom stereocenters. The summed E-state index contributed by atoms with van der Waals surface area (Å²) in [5.41, 5.74) is 2.87. The predicted octanol–water partition coefficient (Wildman–Crippen LogP) is 3.76. The van der Waals surface area contributed by atoms with E-state index in [0.29, 0.717) is 22.1 Å². The van der Waals surface area contributed by atoms with Gasteiger partial charge in [-0.1, -0.05) is 17.7 Å². The van der Waals surface area contributed by atoms with Crippen LogP contribution >= 0.6 is 11.6 Å². The molecule has 0 aromatic heterocycles. The number of nitrogens with zero attached hydrogens (tertiary/aromatic N) is 1. The zero-order valence-electron chi connectivity index (χ0n) is 15.9. The number of amides is 1. The second kappa shape index (κ2) is 8.19. The lowest BCUT2D eigenvalue weighted by Gasteiger charge is -2.28. The van der Waals surface area contributed by atoms with Crippen LogP contribution in [0.3, 0.4) is 0 Å². The quantitative estimate of drug-likeness (QED) is 0.786. The first kappa shape index (κ1) is 21.1. The fourth-order valence-electron chi connectivity index (χ4n) is 2.66. The minimum absolute atomic E-state index is 0.345. The molecular formula is C19H23ClN2O4S. The van der Waals surface area contributed by atoms with Crippen molar-refractivity contribution < 1.29 is 17.9 Å². The van der Waals surface area contributed by atoms with E-state index in [9.17, 15) is 13.2 Å². The van der Waals surface area contributed by atoms with Gasteiger partial charge in [0.1, 0.15) is 11.8 Å². The maximum Gasteiger partial charge on any atom is 0.247 e. The lowest BCUT2D eigenvalue weighted by atomic mass is 10.1. The van der Waals surface area contributed by atoms with Crippen LogP contribution in [0, 0.1) is 13.8 Å². The van der Waals surface area contributed by atoms with Gasteiger partial charge in [0.15, 0.2) is 0 Å². The van der Waals surface area contributed by atoms with E-state index in [2.05, 4.69) is 5.32 Å². The van der Waals surface area contributed by atoms with E-state index < -0.39 is 22.0 Å². The number of ether oxygens (including phenoxy) is 1. The smallest absolute Gasteiger partial charge is 0.247 e. The number of benzene rings is 2. The highest BCUT2D eigenvalue weighted by atomic mass is 35.5. The molecule has 27 heavy (non-hydrogen) atoms. The van der Waals surface area contributed by atoms with Crippen molar-refractivity contribution in [2.24, 2.45) is 0 Å². The second-order valence-corrected chi connectivity index (χ2v) is 8.61. The van der Waals surface area contributed by atoms with Crippen molar-refractivity contribution in [3.8, 4) is 5.75 Å². The van der Waals surface area contributed by atoms with Gasteiger partial charge in [-0.05, 0) is 62.2 Å². The second-order valence-electron chi connectivity index (χ2n) is 6.34. The summed E-state index contributed by atoms with van der Waals surface area (Å²) < 4.78 is 30.9. The molecule has 8 heteroatoms. The van der Waals surface area contributed by atoms with Gasteiger partial charge in [-0.15, -0.1) is 0 Å². The highest BCUT2D eigenvalue weighted by Crippen LogP contribution is 2.28. The van der Waals surface area contributed by atoms with Crippen molar-refractivity contribution in [1.29, 1.82) is 0 Å². The topological polar surface area (TPSA) is 75.7 Å². The van der Waals surface area contributed by atoms with Crippen molar-refractivity contribution in [3.63, 3.8) is 0 Å². The van der Waals surface area contributed by atoms with Crippen LogP contribution < -0.4 is 14.4 Å². The van der Waals surface area contributed by atoms with Crippen molar-refractivity contribution in [1.82, 2.24) is 0 Å². The van der Waals surface area contributed by atoms with Crippen molar-refractivity contribution in [3.05, 3.63) is 52.5 Å². The molecular weight excluding hydrogens is 388 g/mol. The van der Waals surface area contributed by atoms with E-state index in [4.69, 9.17) is 16.3 Å². The van der Waals surface area contributed by atoms with Gasteiger partial charge in [-0.2, -0.15) is 0 Å². The van der Waals surface area contributed by atoms with E-state index in [1.54, 1.807) is 30.3 Å². The summed E-state index contributed by atoms with van der Waals surface area (Å²) in [7, 11) is -2.18. The van der Waals surface area contributed by atoms with Gasteiger partial charge in [0.2, 0.25) is 15.9 Å². The molecule has 0 spiro atoms. The number of nitrogens with one attached hydrogen (secondary N) is 1. The molecule has 2 aromatic rings. The molecule has 0 aliphatic rings. The van der Waals surface area contributed by atoms with Crippen LogP contribution in [0.2, 0.25) is 5.02 Å². The summed E-state index contributed by atoms with van der Waals surface area (Å²) in [6.45, 7) is 5.37. The van der Waals surface area contributed by atoms with Gasteiger partial charge in [0.25, 0.3) is 0 Å². The molecule has 0 aliphatic heterocycles. The summed E-state index contributed by atoms with van der Waals surface area (Å²) >= 11 is 6.07. The summed E-state index contributed by atoms with van der Waals surface area (Å²) in [6.07, 6.45) is 1.08. The van der Waals surface area contributed by atoms with Crippen molar-refractivity contribution >= 4 is 38.9 Å². The molecule has 0 saturated carbocycles. The van der Waals surface area contributed by atoms with Crippen molar-refractivity contribution in [2.75, 3.05) is 23.0 Å². The molecule has 1 atom stereocenters.